The Morgan fingerprint density at radius 1 is 0.783 bits per heavy atom. The molecule has 0 saturated carbocycles. The van der Waals surface area contributed by atoms with Gasteiger partial charge in [0.05, 0.1) is 13.2 Å². The SMILES string of the molecule is OC[C@H]1O[C@@](CO)(O[C@H]2O[C@H](CO[C@H]3O[C@H](C(C#Cc4ccccc4)N4CCCC4)[C@H](O)[C@H](O)[C@H]3O)[C@@H](O)[C@H](O)[C@H]2O)[C@@H](O)[C@@H]1O. The molecule has 16 nitrogen and oxygen atoms in total. The van der Waals surface area contributed by atoms with E-state index in [9.17, 15) is 51.1 Å². The Labute approximate surface area is 264 Å². The maximum atomic E-state index is 11.0. The van der Waals surface area contributed by atoms with E-state index in [1.54, 1.807) is 0 Å². The summed E-state index contributed by atoms with van der Waals surface area (Å²) in [6.45, 7) is -1.07. The fourth-order valence-corrected chi connectivity index (χ4v) is 6.16. The summed E-state index contributed by atoms with van der Waals surface area (Å²) in [5, 5.41) is 104. The van der Waals surface area contributed by atoms with Crippen LogP contribution in [0.4, 0.5) is 0 Å². The van der Waals surface area contributed by atoms with E-state index in [1.807, 2.05) is 35.2 Å². The summed E-state index contributed by atoms with van der Waals surface area (Å²) in [6.07, 6.45) is -19.7. The van der Waals surface area contributed by atoms with Gasteiger partial charge in [0.25, 0.3) is 0 Å². The predicted octanol–water partition coefficient (Wildman–Crippen LogP) is -5.05. The van der Waals surface area contributed by atoms with Gasteiger partial charge in [0.2, 0.25) is 5.79 Å². The second-order valence-electron chi connectivity index (χ2n) is 12.0. The van der Waals surface area contributed by atoms with Crippen molar-refractivity contribution >= 4 is 0 Å². The molecule has 0 aliphatic carbocycles. The summed E-state index contributed by atoms with van der Waals surface area (Å²) < 4.78 is 28.1. The zero-order valence-corrected chi connectivity index (χ0v) is 24.9. The molecule has 16 heteroatoms. The van der Waals surface area contributed by atoms with Crippen LogP contribution in [0.15, 0.2) is 30.3 Å². The van der Waals surface area contributed by atoms with Gasteiger partial charge in [-0.3, -0.25) is 4.90 Å². The highest BCUT2D eigenvalue weighted by Gasteiger charge is 2.58. The molecule has 4 saturated heterocycles. The fraction of sp³-hybridized carbons (Fsp3) is 0.733. The topological polar surface area (TPSA) is 252 Å². The van der Waals surface area contributed by atoms with Gasteiger partial charge < -0.3 is 74.7 Å². The number of hydrogen-bond acceptors (Lipinski definition) is 16. The van der Waals surface area contributed by atoms with Gasteiger partial charge in [0.15, 0.2) is 12.6 Å². The molecule has 4 aliphatic heterocycles. The maximum Gasteiger partial charge on any atom is 0.224 e. The van der Waals surface area contributed by atoms with Crippen LogP contribution in [0.25, 0.3) is 0 Å². The van der Waals surface area contributed by atoms with Crippen molar-refractivity contribution in [2.45, 2.75) is 104 Å². The van der Waals surface area contributed by atoms with Crippen molar-refractivity contribution in [1.29, 1.82) is 0 Å². The Morgan fingerprint density at radius 2 is 1.43 bits per heavy atom. The van der Waals surface area contributed by atoms with Crippen molar-refractivity contribution in [1.82, 2.24) is 4.90 Å². The van der Waals surface area contributed by atoms with Crippen molar-refractivity contribution in [3.63, 3.8) is 0 Å². The summed E-state index contributed by atoms with van der Waals surface area (Å²) in [4.78, 5) is 2.01. The standard InChI is InChI=1S/C30H43NO15/c32-12-17-20(35)27(41)30(14-33,45-17)46-29-25(40)21(36)19(34)18(43-29)13-42-28-24(39)22(37)23(38)26(44-28)16(31-10-4-5-11-31)9-8-15-6-2-1-3-7-15/h1-3,6-7,16-29,32-41H,4-5,10-14H2/t16?,17-,18-,19-,20-,21+,22+,23-,24-,25-,26-,27+,28+,29-,30+/m1/s1. The molecule has 4 fully saturated rings. The lowest BCUT2D eigenvalue weighted by atomic mass is 9.93. The van der Waals surface area contributed by atoms with Crippen LogP contribution in [-0.2, 0) is 23.7 Å². The lowest BCUT2D eigenvalue weighted by molar-refractivity contribution is -0.388. The highest BCUT2D eigenvalue weighted by molar-refractivity contribution is 5.35. The van der Waals surface area contributed by atoms with Crippen molar-refractivity contribution in [2.24, 2.45) is 0 Å². The van der Waals surface area contributed by atoms with E-state index in [-0.39, 0.29) is 0 Å². The van der Waals surface area contributed by atoms with Gasteiger partial charge >= 0.3 is 0 Å². The predicted molar refractivity (Wildman–Crippen MR) is 152 cm³/mol. The molecule has 0 amide bonds. The van der Waals surface area contributed by atoms with Crippen molar-refractivity contribution in [3.05, 3.63) is 35.9 Å². The number of hydrogen-bond donors (Lipinski definition) is 10. The number of nitrogens with zero attached hydrogens (tertiary/aromatic N) is 1. The third kappa shape index (κ3) is 7.11. The highest BCUT2D eigenvalue weighted by atomic mass is 16.8. The fourth-order valence-electron chi connectivity index (χ4n) is 6.16. The Balaban J connectivity index is 1.30. The monoisotopic (exact) mass is 657 g/mol. The van der Waals surface area contributed by atoms with Gasteiger partial charge in [0.1, 0.15) is 79.8 Å². The molecule has 1 unspecified atom stereocenters. The number of aliphatic hydroxyl groups is 10. The normalized spacial score (nSPS) is 44.1. The Bertz CT molecular complexity index is 1180. The lowest BCUT2D eigenvalue weighted by Crippen LogP contribution is -2.65. The summed E-state index contributed by atoms with van der Waals surface area (Å²) in [7, 11) is 0. The van der Waals surface area contributed by atoms with Gasteiger partial charge in [0, 0.05) is 5.56 Å². The molecule has 0 aromatic heterocycles. The van der Waals surface area contributed by atoms with E-state index in [4.69, 9.17) is 23.7 Å². The smallest absolute Gasteiger partial charge is 0.224 e. The second-order valence-corrected chi connectivity index (χ2v) is 12.0. The molecule has 0 bridgehead atoms. The molecule has 258 valence electrons. The minimum Gasteiger partial charge on any atom is -0.394 e. The number of rotatable bonds is 9. The third-order valence-corrected chi connectivity index (χ3v) is 8.91. The van der Waals surface area contributed by atoms with Crippen LogP contribution in [0.3, 0.4) is 0 Å². The summed E-state index contributed by atoms with van der Waals surface area (Å²) in [6, 6.07) is 8.47. The molecule has 15 atom stereocenters. The van der Waals surface area contributed by atoms with Crippen molar-refractivity contribution < 1.29 is 74.7 Å². The first kappa shape index (κ1) is 35.4. The largest absolute Gasteiger partial charge is 0.394 e. The lowest BCUT2D eigenvalue weighted by Gasteiger charge is -2.45. The highest BCUT2D eigenvalue weighted by Crippen LogP contribution is 2.36. The average Bonchev–Trinajstić information content (AvgIpc) is 3.69. The molecule has 46 heavy (non-hydrogen) atoms. The van der Waals surface area contributed by atoms with Gasteiger partial charge in [-0.15, -0.1) is 0 Å². The van der Waals surface area contributed by atoms with Crippen LogP contribution in [0, 0.1) is 11.8 Å². The van der Waals surface area contributed by atoms with Crippen LogP contribution < -0.4 is 0 Å². The molecule has 4 aliphatic rings. The molecule has 5 rings (SSSR count). The molecule has 0 radical (unpaired) electrons. The third-order valence-electron chi connectivity index (χ3n) is 8.91. The van der Waals surface area contributed by atoms with Crippen LogP contribution in [0.1, 0.15) is 18.4 Å². The number of aliphatic hydroxyl groups excluding tert-OH is 10. The molecule has 1 aromatic carbocycles. The van der Waals surface area contributed by atoms with E-state index in [0.29, 0.717) is 13.1 Å². The van der Waals surface area contributed by atoms with Gasteiger partial charge in [-0.1, -0.05) is 30.0 Å². The van der Waals surface area contributed by atoms with E-state index in [2.05, 4.69) is 11.8 Å². The van der Waals surface area contributed by atoms with Gasteiger partial charge in [-0.05, 0) is 38.1 Å². The van der Waals surface area contributed by atoms with Crippen molar-refractivity contribution in [2.75, 3.05) is 32.9 Å². The minimum atomic E-state index is -2.37. The summed E-state index contributed by atoms with van der Waals surface area (Å²) >= 11 is 0. The van der Waals surface area contributed by atoms with Crippen molar-refractivity contribution in [3.8, 4) is 11.8 Å². The Kier molecular flexibility index (Phi) is 11.7. The van der Waals surface area contributed by atoms with E-state index in [0.717, 1.165) is 18.4 Å². The average molecular weight is 658 g/mol. The van der Waals surface area contributed by atoms with E-state index >= 15 is 0 Å². The minimum absolute atomic E-state index is 0.608. The number of likely N-dealkylation sites (tertiary alicyclic amines) is 1. The van der Waals surface area contributed by atoms with Crippen LogP contribution in [-0.4, -0.2) is 180 Å². The number of benzene rings is 1. The number of ether oxygens (including phenoxy) is 5. The molecular weight excluding hydrogens is 614 g/mol. The summed E-state index contributed by atoms with van der Waals surface area (Å²) in [5.41, 5.74) is 0.728. The van der Waals surface area contributed by atoms with Crippen LogP contribution in [0.2, 0.25) is 0 Å². The van der Waals surface area contributed by atoms with Gasteiger partial charge in [-0.25, -0.2) is 0 Å². The van der Waals surface area contributed by atoms with E-state index < -0.39 is 111 Å². The Hall–Kier alpha value is -1.86. The first-order chi connectivity index (χ1) is 22.0. The Morgan fingerprint density at radius 3 is 2.07 bits per heavy atom. The first-order valence-electron chi connectivity index (χ1n) is 15.3. The maximum absolute atomic E-state index is 11.0. The molecule has 4 heterocycles. The second kappa shape index (κ2) is 15.1. The summed E-state index contributed by atoms with van der Waals surface area (Å²) in [5.74, 6) is 3.84. The first-order valence-corrected chi connectivity index (χ1v) is 15.3. The molecular formula is C30H43NO15. The quantitative estimate of drug-likeness (QED) is 0.112. The van der Waals surface area contributed by atoms with Gasteiger partial charge in [-0.2, -0.15) is 0 Å². The molecule has 10 N–H and O–H groups in total. The molecule has 1 aromatic rings. The zero-order valence-electron chi connectivity index (χ0n) is 24.9. The van der Waals surface area contributed by atoms with Crippen LogP contribution in [0.5, 0.6) is 0 Å². The van der Waals surface area contributed by atoms with Crippen LogP contribution >= 0.6 is 0 Å². The molecule has 0 spiro atoms. The van der Waals surface area contributed by atoms with E-state index in [1.165, 1.54) is 0 Å². The zero-order chi connectivity index (χ0) is 33.2.